The Morgan fingerprint density at radius 2 is 2.00 bits per heavy atom. The summed E-state index contributed by atoms with van der Waals surface area (Å²) in [6.07, 6.45) is 6.02. The van der Waals surface area contributed by atoms with E-state index in [4.69, 9.17) is 0 Å². The van der Waals surface area contributed by atoms with Gasteiger partial charge in [-0.25, -0.2) is 0 Å². The van der Waals surface area contributed by atoms with Crippen molar-refractivity contribution in [3.05, 3.63) is 0 Å². The zero-order chi connectivity index (χ0) is 11.8. The third kappa shape index (κ3) is 1.86. The number of carbonyl (C=O) groups is 1. The number of nitrogens with zero attached hydrogens (tertiary/aromatic N) is 1. The Bertz CT molecular complexity index is 271. The van der Waals surface area contributed by atoms with Gasteiger partial charge in [0, 0.05) is 12.6 Å². The van der Waals surface area contributed by atoms with Gasteiger partial charge in [0.15, 0.2) is 0 Å². The predicted molar refractivity (Wildman–Crippen MR) is 63.4 cm³/mol. The van der Waals surface area contributed by atoms with Crippen LogP contribution in [0, 0.1) is 11.3 Å². The van der Waals surface area contributed by atoms with Crippen molar-refractivity contribution < 1.29 is 9.90 Å². The van der Waals surface area contributed by atoms with Crippen LogP contribution in [0.5, 0.6) is 0 Å². The van der Waals surface area contributed by atoms with Crippen molar-refractivity contribution >= 4 is 5.97 Å². The molecule has 1 atom stereocenters. The van der Waals surface area contributed by atoms with Crippen LogP contribution >= 0.6 is 0 Å². The van der Waals surface area contributed by atoms with Crippen LogP contribution in [0.25, 0.3) is 0 Å². The maximum Gasteiger partial charge on any atom is 0.311 e. The number of carboxylic acids is 1. The van der Waals surface area contributed by atoms with Crippen molar-refractivity contribution in [3.8, 4) is 0 Å². The van der Waals surface area contributed by atoms with Crippen molar-refractivity contribution in [3.63, 3.8) is 0 Å². The first-order chi connectivity index (χ1) is 7.56. The van der Waals surface area contributed by atoms with E-state index in [0.29, 0.717) is 6.04 Å². The lowest BCUT2D eigenvalue weighted by atomic mass is 9.76. The van der Waals surface area contributed by atoms with Gasteiger partial charge in [-0.05, 0) is 31.7 Å². The van der Waals surface area contributed by atoms with Gasteiger partial charge in [0.1, 0.15) is 0 Å². The molecule has 0 aromatic rings. The van der Waals surface area contributed by atoms with E-state index in [2.05, 4.69) is 4.90 Å². The molecule has 2 aliphatic rings. The molecule has 0 bridgehead atoms. The van der Waals surface area contributed by atoms with Crippen LogP contribution in [0.2, 0.25) is 0 Å². The van der Waals surface area contributed by atoms with E-state index in [9.17, 15) is 9.90 Å². The quantitative estimate of drug-likeness (QED) is 0.801. The van der Waals surface area contributed by atoms with Gasteiger partial charge in [-0.1, -0.05) is 26.7 Å². The molecule has 16 heavy (non-hydrogen) atoms. The molecule has 92 valence electrons. The first kappa shape index (κ1) is 11.9. The third-order valence-corrected chi connectivity index (χ3v) is 4.70. The fourth-order valence-electron chi connectivity index (χ4n) is 3.34. The Balaban J connectivity index is 2.06. The van der Waals surface area contributed by atoms with E-state index in [1.54, 1.807) is 0 Å². The average Bonchev–Trinajstić information content (AvgIpc) is 2.87. The summed E-state index contributed by atoms with van der Waals surface area (Å²) in [5.41, 5.74) is -0.484. The van der Waals surface area contributed by atoms with Crippen LogP contribution in [0.15, 0.2) is 0 Å². The van der Waals surface area contributed by atoms with Crippen molar-refractivity contribution in [2.45, 2.75) is 52.0 Å². The molecule has 0 amide bonds. The molecule has 1 unspecified atom stereocenters. The minimum Gasteiger partial charge on any atom is -0.481 e. The van der Waals surface area contributed by atoms with Gasteiger partial charge in [-0.3, -0.25) is 9.69 Å². The summed E-state index contributed by atoms with van der Waals surface area (Å²) >= 11 is 0. The van der Waals surface area contributed by atoms with Crippen molar-refractivity contribution in [1.29, 1.82) is 0 Å². The standard InChI is InChI=1S/C13H23NO2/c1-10(2)13(12(15)16)7-8-14(9-13)11-5-3-4-6-11/h10-11H,3-9H2,1-2H3,(H,15,16). The lowest BCUT2D eigenvalue weighted by Crippen LogP contribution is -2.41. The SMILES string of the molecule is CC(C)C1(C(=O)O)CCN(C2CCCC2)C1. The fourth-order valence-corrected chi connectivity index (χ4v) is 3.34. The highest BCUT2D eigenvalue weighted by atomic mass is 16.4. The van der Waals surface area contributed by atoms with Crippen LogP contribution in [-0.4, -0.2) is 35.1 Å². The summed E-state index contributed by atoms with van der Waals surface area (Å²) in [5.74, 6) is -0.362. The van der Waals surface area contributed by atoms with E-state index in [1.165, 1.54) is 25.7 Å². The van der Waals surface area contributed by atoms with Crippen LogP contribution in [0.4, 0.5) is 0 Å². The van der Waals surface area contributed by atoms with Gasteiger partial charge < -0.3 is 5.11 Å². The molecule has 2 rings (SSSR count). The summed E-state index contributed by atoms with van der Waals surface area (Å²) in [5, 5.41) is 9.47. The zero-order valence-electron chi connectivity index (χ0n) is 10.4. The largest absolute Gasteiger partial charge is 0.481 e. The van der Waals surface area contributed by atoms with E-state index >= 15 is 0 Å². The second-order valence-corrected chi connectivity index (χ2v) is 5.77. The van der Waals surface area contributed by atoms with Crippen molar-refractivity contribution in [2.75, 3.05) is 13.1 Å². The summed E-state index contributed by atoms with van der Waals surface area (Å²) in [6, 6.07) is 0.667. The number of likely N-dealkylation sites (tertiary alicyclic amines) is 1. The van der Waals surface area contributed by atoms with E-state index in [1.807, 2.05) is 13.8 Å². The normalized spacial score (nSPS) is 32.7. The van der Waals surface area contributed by atoms with Crippen LogP contribution in [-0.2, 0) is 4.79 Å². The minimum atomic E-state index is -0.594. The molecule has 0 aromatic carbocycles. The molecule has 1 aliphatic carbocycles. The Kier molecular flexibility index (Phi) is 3.24. The van der Waals surface area contributed by atoms with Gasteiger partial charge in [0.2, 0.25) is 0 Å². The average molecular weight is 225 g/mol. The van der Waals surface area contributed by atoms with Gasteiger partial charge in [0.25, 0.3) is 0 Å². The molecule has 1 saturated carbocycles. The van der Waals surface area contributed by atoms with E-state index < -0.39 is 11.4 Å². The molecule has 1 aliphatic heterocycles. The number of hydrogen-bond acceptors (Lipinski definition) is 2. The molecule has 0 spiro atoms. The van der Waals surface area contributed by atoms with Crippen molar-refractivity contribution in [2.24, 2.45) is 11.3 Å². The van der Waals surface area contributed by atoms with Crippen LogP contribution in [0.1, 0.15) is 46.0 Å². The monoisotopic (exact) mass is 225 g/mol. The van der Waals surface area contributed by atoms with Crippen LogP contribution in [0.3, 0.4) is 0 Å². The summed E-state index contributed by atoms with van der Waals surface area (Å²) in [4.78, 5) is 13.9. The van der Waals surface area contributed by atoms with E-state index in [-0.39, 0.29) is 5.92 Å². The Morgan fingerprint density at radius 3 is 2.44 bits per heavy atom. The second-order valence-electron chi connectivity index (χ2n) is 5.77. The maximum atomic E-state index is 11.5. The molecule has 3 heteroatoms. The van der Waals surface area contributed by atoms with E-state index in [0.717, 1.165) is 19.5 Å². The second kappa shape index (κ2) is 4.36. The van der Waals surface area contributed by atoms with Crippen molar-refractivity contribution in [1.82, 2.24) is 4.90 Å². The van der Waals surface area contributed by atoms with Gasteiger partial charge >= 0.3 is 5.97 Å². The first-order valence-electron chi connectivity index (χ1n) is 6.54. The molecule has 1 heterocycles. The zero-order valence-corrected chi connectivity index (χ0v) is 10.4. The highest BCUT2D eigenvalue weighted by Crippen LogP contribution is 2.40. The molecule has 1 saturated heterocycles. The molecule has 0 radical (unpaired) electrons. The van der Waals surface area contributed by atoms with Gasteiger partial charge in [-0.2, -0.15) is 0 Å². The number of carboxylic acid groups (broad SMARTS) is 1. The molecular formula is C13H23NO2. The highest BCUT2D eigenvalue weighted by Gasteiger charge is 2.48. The lowest BCUT2D eigenvalue weighted by molar-refractivity contribution is -0.151. The summed E-state index contributed by atoms with van der Waals surface area (Å²) in [6.45, 7) is 5.85. The Morgan fingerprint density at radius 1 is 1.38 bits per heavy atom. The number of hydrogen-bond donors (Lipinski definition) is 1. The predicted octanol–water partition coefficient (Wildman–Crippen LogP) is 2.36. The molecule has 2 fully saturated rings. The Labute approximate surface area is 97.8 Å². The molecule has 0 aromatic heterocycles. The van der Waals surface area contributed by atoms with Crippen LogP contribution < -0.4 is 0 Å². The topological polar surface area (TPSA) is 40.5 Å². The number of rotatable bonds is 3. The lowest BCUT2D eigenvalue weighted by Gasteiger charge is -2.30. The smallest absolute Gasteiger partial charge is 0.311 e. The summed E-state index contributed by atoms with van der Waals surface area (Å²) in [7, 11) is 0. The molecule has 1 N–H and O–H groups in total. The van der Waals surface area contributed by atoms with Gasteiger partial charge in [-0.15, -0.1) is 0 Å². The maximum absolute atomic E-state index is 11.5. The molecular weight excluding hydrogens is 202 g/mol. The third-order valence-electron chi connectivity index (χ3n) is 4.70. The number of aliphatic carboxylic acids is 1. The Hall–Kier alpha value is -0.570. The van der Waals surface area contributed by atoms with Gasteiger partial charge in [0.05, 0.1) is 5.41 Å². The summed E-state index contributed by atoms with van der Waals surface area (Å²) < 4.78 is 0. The highest BCUT2D eigenvalue weighted by molar-refractivity contribution is 5.75. The molecule has 3 nitrogen and oxygen atoms in total. The fraction of sp³-hybridized carbons (Fsp3) is 0.923. The minimum absolute atomic E-state index is 0.233. The first-order valence-corrected chi connectivity index (χ1v) is 6.54.